The van der Waals surface area contributed by atoms with Crippen molar-refractivity contribution in [1.82, 2.24) is 0 Å². The van der Waals surface area contributed by atoms with E-state index < -0.39 is 5.79 Å². The summed E-state index contributed by atoms with van der Waals surface area (Å²) in [6.45, 7) is 7.83. The maximum absolute atomic E-state index is 9.52. The average Bonchev–Trinajstić information content (AvgIpc) is 3.45. The summed E-state index contributed by atoms with van der Waals surface area (Å²) in [6.07, 6.45) is 10.6. The molecule has 30 heavy (non-hydrogen) atoms. The van der Waals surface area contributed by atoms with Gasteiger partial charge in [0.05, 0.1) is 26.4 Å². The minimum absolute atomic E-state index is 0.0995. The van der Waals surface area contributed by atoms with Gasteiger partial charge in [-0.25, -0.2) is 0 Å². The molecular formula is C24H37NO5. The number of fused-ring (bicyclic) bond motifs is 6. The molecule has 0 aromatic carbocycles. The SMILES string of the molecule is C[C@]12CCC3(CC1[C@@H](/C=N/O)C[C@@H]1[C@@H]2CC[C@@]2(C)[C@H]1CCC21OCCO1)OCCO3. The van der Waals surface area contributed by atoms with Gasteiger partial charge in [0, 0.05) is 36.8 Å². The highest BCUT2D eigenvalue weighted by Crippen LogP contribution is 2.70. The Balaban J connectivity index is 1.34. The number of rotatable bonds is 1. The molecule has 0 radical (unpaired) electrons. The van der Waals surface area contributed by atoms with Gasteiger partial charge in [0.1, 0.15) is 0 Å². The van der Waals surface area contributed by atoms with Crippen LogP contribution in [0.1, 0.15) is 65.2 Å². The molecule has 0 amide bonds. The van der Waals surface area contributed by atoms with Gasteiger partial charge in [-0.05, 0) is 61.2 Å². The molecule has 6 fully saturated rings. The van der Waals surface area contributed by atoms with E-state index >= 15 is 0 Å². The van der Waals surface area contributed by atoms with Crippen LogP contribution >= 0.6 is 0 Å². The first-order valence-corrected chi connectivity index (χ1v) is 12.2. The predicted octanol–water partition coefficient (Wildman–Crippen LogP) is 4.20. The summed E-state index contributed by atoms with van der Waals surface area (Å²) in [5, 5.41) is 13.1. The molecule has 6 aliphatic rings. The van der Waals surface area contributed by atoms with E-state index in [-0.39, 0.29) is 22.5 Å². The molecule has 4 aliphatic carbocycles. The molecule has 6 rings (SSSR count). The second-order valence-corrected chi connectivity index (χ2v) is 11.4. The standard InChI is InChI=1S/C24H37NO5/c1-21-7-8-23(27-9-10-28-23)14-20(21)16(15-25-26)13-17-18(21)3-5-22(2)19(17)4-6-24(22)29-11-12-30-24/h15-20,26H,3-14H2,1-2H3/b25-15+/t16-,17-,18+,19+,20?,21-,22+/m1/s1. The minimum atomic E-state index is -0.398. The fourth-order valence-electron chi connectivity index (χ4n) is 9.22. The topological polar surface area (TPSA) is 69.5 Å². The van der Waals surface area contributed by atoms with Crippen molar-refractivity contribution < 1.29 is 24.2 Å². The predicted molar refractivity (Wildman–Crippen MR) is 110 cm³/mol. The van der Waals surface area contributed by atoms with E-state index in [0.717, 1.165) is 45.3 Å². The fraction of sp³-hybridized carbons (Fsp3) is 0.958. The first kappa shape index (κ1) is 20.0. The minimum Gasteiger partial charge on any atom is -0.411 e. The molecule has 2 saturated heterocycles. The van der Waals surface area contributed by atoms with Gasteiger partial charge in [0.15, 0.2) is 11.6 Å². The maximum Gasteiger partial charge on any atom is 0.174 e. The molecule has 0 bridgehead atoms. The third-order valence-electron chi connectivity index (χ3n) is 10.6. The number of hydrogen-bond donors (Lipinski definition) is 1. The zero-order chi connectivity index (χ0) is 20.6. The van der Waals surface area contributed by atoms with Gasteiger partial charge in [-0.3, -0.25) is 0 Å². The lowest BCUT2D eigenvalue weighted by Crippen LogP contribution is -2.60. The smallest absolute Gasteiger partial charge is 0.174 e. The van der Waals surface area contributed by atoms with Crippen LogP contribution in [0.2, 0.25) is 0 Å². The molecule has 168 valence electrons. The fourth-order valence-corrected chi connectivity index (χ4v) is 9.22. The van der Waals surface area contributed by atoms with Crippen molar-refractivity contribution in [2.75, 3.05) is 26.4 Å². The first-order chi connectivity index (χ1) is 14.5. The Kier molecular flexibility index (Phi) is 4.43. The summed E-state index contributed by atoms with van der Waals surface area (Å²) in [4.78, 5) is 0. The van der Waals surface area contributed by atoms with E-state index in [0.29, 0.717) is 36.9 Å². The van der Waals surface area contributed by atoms with Crippen molar-refractivity contribution in [1.29, 1.82) is 0 Å². The van der Waals surface area contributed by atoms with Gasteiger partial charge < -0.3 is 24.2 Å². The highest BCUT2D eigenvalue weighted by Gasteiger charge is 2.69. The normalized spacial score (nSPS) is 51.3. The Morgan fingerprint density at radius 3 is 2.27 bits per heavy atom. The molecule has 1 unspecified atom stereocenters. The summed E-state index contributed by atoms with van der Waals surface area (Å²) >= 11 is 0. The van der Waals surface area contributed by atoms with Crippen LogP contribution in [0.25, 0.3) is 0 Å². The van der Waals surface area contributed by atoms with Crippen molar-refractivity contribution in [3.05, 3.63) is 0 Å². The van der Waals surface area contributed by atoms with E-state index in [1.165, 1.54) is 19.3 Å². The van der Waals surface area contributed by atoms with Crippen molar-refractivity contribution in [3.8, 4) is 0 Å². The number of oxime groups is 1. The van der Waals surface area contributed by atoms with E-state index in [1.54, 1.807) is 0 Å². The Bertz CT molecular complexity index is 714. The van der Waals surface area contributed by atoms with Crippen LogP contribution < -0.4 is 0 Å². The lowest BCUT2D eigenvalue weighted by molar-refractivity contribution is -0.260. The number of hydrogen-bond acceptors (Lipinski definition) is 6. The first-order valence-electron chi connectivity index (χ1n) is 12.2. The third kappa shape index (κ3) is 2.48. The molecule has 7 atom stereocenters. The Labute approximate surface area is 179 Å². The summed E-state index contributed by atoms with van der Waals surface area (Å²) in [5.41, 5.74) is 0.339. The zero-order valence-corrected chi connectivity index (χ0v) is 18.5. The van der Waals surface area contributed by atoms with Gasteiger partial charge in [0.2, 0.25) is 0 Å². The zero-order valence-electron chi connectivity index (χ0n) is 18.5. The van der Waals surface area contributed by atoms with E-state index in [4.69, 9.17) is 18.9 Å². The molecule has 6 heteroatoms. The van der Waals surface area contributed by atoms with Gasteiger partial charge in [-0.1, -0.05) is 13.8 Å². The van der Waals surface area contributed by atoms with Gasteiger partial charge in [0.25, 0.3) is 0 Å². The van der Waals surface area contributed by atoms with Gasteiger partial charge in [-0.2, -0.15) is 0 Å². The van der Waals surface area contributed by atoms with Crippen LogP contribution in [-0.4, -0.2) is 49.4 Å². The van der Waals surface area contributed by atoms with Crippen molar-refractivity contribution in [2.45, 2.75) is 76.8 Å². The molecule has 6 nitrogen and oxygen atoms in total. The molecule has 4 saturated carbocycles. The second-order valence-electron chi connectivity index (χ2n) is 11.4. The second kappa shape index (κ2) is 6.66. The highest BCUT2D eigenvalue weighted by atomic mass is 16.7. The monoisotopic (exact) mass is 419 g/mol. The molecule has 2 heterocycles. The van der Waals surface area contributed by atoms with Crippen LogP contribution in [0.3, 0.4) is 0 Å². The summed E-state index contributed by atoms with van der Waals surface area (Å²) in [7, 11) is 0. The number of nitrogens with zero attached hydrogens (tertiary/aromatic N) is 1. The van der Waals surface area contributed by atoms with Crippen LogP contribution in [0, 0.1) is 40.4 Å². The lowest BCUT2D eigenvalue weighted by atomic mass is 9.42. The number of ether oxygens (including phenoxy) is 4. The molecule has 0 aromatic heterocycles. The molecule has 2 spiro atoms. The largest absolute Gasteiger partial charge is 0.411 e. The molecule has 2 aliphatic heterocycles. The van der Waals surface area contributed by atoms with Crippen LogP contribution in [0.5, 0.6) is 0 Å². The van der Waals surface area contributed by atoms with Crippen LogP contribution in [0.15, 0.2) is 5.16 Å². The lowest BCUT2D eigenvalue weighted by Gasteiger charge is -2.63. The summed E-state index contributed by atoms with van der Waals surface area (Å²) in [6, 6.07) is 0. The Hall–Kier alpha value is -0.690. The highest BCUT2D eigenvalue weighted by molar-refractivity contribution is 5.61. The van der Waals surface area contributed by atoms with Crippen molar-refractivity contribution in [3.63, 3.8) is 0 Å². The van der Waals surface area contributed by atoms with Crippen LogP contribution in [-0.2, 0) is 18.9 Å². The van der Waals surface area contributed by atoms with Crippen molar-refractivity contribution in [2.24, 2.45) is 45.6 Å². The quantitative estimate of drug-likeness (QED) is 0.392. The van der Waals surface area contributed by atoms with E-state index in [9.17, 15) is 5.21 Å². The van der Waals surface area contributed by atoms with E-state index in [1.807, 2.05) is 6.21 Å². The molecule has 0 aromatic rings. The Morgan fingerprint density at radius 1 is 0.833 bits per heavy atom. The Morgan fingerprint density at radius 2 is 1.53 bits per heavy atom. The summed E-state index contributed by atoms with van der Waals surface area (Å²) < 4.78 is 24.9. The third-order valence-corrected chi connectivity index (χ3v) is 10.6. The van der Waals surface area contributed by atoms with Crippen LogP contribution in [0.4, 0.5) is 0 Å². The average molecular weight is 420 g/mol. The van der Waals surface area contributed by atoms with Crippen molar-refractivity contribution >= 4 is 6.21 Å². The summed E-state index contributed by atoms with van der Waals surface area (Å²) in [5.74, 6) is 1.93. The van der Waals surface area contributed by atoms with Gasteiger partial charge >= 0.3 is 0 Å². The van der Waals surface area contributed by atoms with E-state index in [2.05, 4.69) is 19.0 Å². The van der Waals surface area contributed by atoms with Gasteiger partial charge in [-0.15, -0.1) is 5.16 Å². The maximum atomic E-state index is 9.52. The molecular weight excluding hydrogens is 382 g/mol. The molecule has 1 N–H and O–H groups in total.